The topological polar surface area (TPSA) is 102 Å². The third-order valence-electron chi connectivity index (χ3n) is 3.88. The van der Waals surface area contributed by atoms with Crippen LogP contribution in [0.4, 0.5) is 23.7 Å². The zero-order valence-corrected chi connectivity index (χ0v) is 17.3. The fourth-order valence-electron chi connectivity index (χ4n) is 2.62. The summed E-state index contributed by atoms with van der Waals surface area (Å²) < 4.78 is 73.2. The molecule has 0 aliphatic heterocycles. The lowest BCUT2D eigenvalue weighted by Gasteiger charge is -2.10. The van der Waals surface area contributed by atoms with Gasteiger partial charge in [0.1, 0.15) is 11.4 Å². The first kappa shape index (κ1) is 22.4. The van der Waals surface area contributed by atoms with Crippen molar-refractivity contribution < 1.29 is 41.0 Å². The van der Waals surface area contributed by atoms with E-state index in [2.05, 4.69) is 14.2 Å². The molecule has 2 N–H and O–H groups in total. The summed E-state index contributed by atoms with van der Waals surface area (Å²) in [6.45, 7) is 1.60. The Bertz CT molecular complexity index is 1200. The second kappa shape index (κ2) is 8.47. The Morgan fingerprint density at radius 1 is 1.10 bits per heavy atom. The van der Waals surface area contributed by atoms with Gasteiger partial charge in [0.15, 0.2) is 0 Å². The maximum atomic E-state index is 12.8. The van der Waals surface area contributed by atoms with Gasteiger partial charge >= 0.3 is 12.5 Å². The summed E-state index contributed by atoms with van der Waals surface area (Å²) in [4.78, 5) is 11.4. The van der Waals surface area contributed by atoms with Crippen LogP contribution in [0, 0.1) is 6.92 Å². The molecular formula is C19H14F3NO6S2. The van der Waals surface area contributed by atoms with E-state index in [0.29, 0.717) is 16.0 Å². The van der Waals surface area contributed by atoms with E-state index in [1.165, 1.54) is 24.3 Å². The Kier molecular flexibility index (Phi) is 6.13. The number of alkyl halides is 3. The van der Waals surface area contributed by atoms with Crippen molar-refractivity contribution in [3.05, 3.63) is 60.2 Å². The SMILES string of the molecule is Cc1ccccc1S(=O)(=O)Nc1cc(-c2ccc(OC(F)(F)F)cc2)sc1OC(=O)O. The van der Waals surface area contributed by atoms with Crippen LogP contribution in [0.1, 0.15) is 5.56 Å². The van der Waals surface area contributed by atoms with Crippen molar-refractivity contribution in [1.82, 2.24) is 0 Å². The number of sulfonamides is 1. The lowest BCUT2D eigenvalue weighted by molar-refractivity contribution is -0.274. The average molecular weight is 473 g/mol. The molecule has 0 spiro atoms. The van der Waals surface area contributed by atoms with Gasteiger partial charge in [-0.15, -0.1) is 13.2 Å². The number of carbonyl (C=O) groups is 1. The van der Waals surface area contributed by atoms with Crippen LogP contribution in [0.5, 0.6) is 10.8 Å². The van der Waals surface area contributed by atoms with Crippen LogP contribution in [0.25, 0.3) is 10.4 Å². The minimum atomic E-state index is -4.84. The highest BCUT2D eigenvalue weighted by Gasteiger charge is 2.31. The molecule has 2 aromatic carbocycles. The molecule has 0 fully saturated rings. The summed E-state index contributed by atoms with van der Waals surface area (Å²) in [6, 6.07) is 12.3. The molecule has 3 aromatic rings. The van der Waals surface area contributed by atoms with Gasteiger partial charge in [-0.3, -0.25) is 4.72 Å². The van der Waals surface area contributed by atoms with Crippen LogP contribution in [0.3, 0.4) is 0 Å². The van der Waals surface area contributed by atoms with E-state index >= 15 is 0 Å². The molecule has 1 heterocycles. The molecule has 164 valence electrons. The summed E-state index contributed by atoms with van der Waals surface area (Å²) in [5, 5.41) is 8.72. The predicted octanol–water partition coefficient (Wildman–Crippen LogP) is 5.48. The summed E-state index contributed by atoms with van der Waals surface area (Å²) >= 11 is 0.807. The summed E-state index contributed by atoms with van der Waals surface area (Å²) in [6.07, 6.45) is -6.49. The predicted molar refractivity (Wildman–Crippen MR) is 107 cm³/mol. The van der Waals surface area contributed by atoms with E-state index in [1.807, 2.05) is 0 Å². The molecule has 0 unspecified atom stereocenters. The monoisotopic (exact) mass is 473 g/mol. The molecule has 0 radical (unpaired) electrons. The maximum Gasteiger partial charge on any atom is 0.573 e. The molecule has 12 heteroatoms. The van der Waals surface area contributed by atoms with Gasteiger partial charge in [0.2, 0.25) is 5.06 Å². The molecule has 1 aromatic heterocycles. The van der Waals surface area contributed by atoms with Gasteiger partial charge in [0, 0.05) is 4.88 Å². The number of thiophene rings is 1. The summed E-state index contributed by atoms with van der Waals surface area (Å²) in [7, 11) is -4.06. The third-order valence-corrected chi connectivity index (χ3v) is 6.47. The standard InChI is InChI=1S/C19H14F3NO6S2/c1-11-4-2-3-5-16(11)31(26,27)23-14-10-15(30-17(14)28-18(24)25)12-6-8-13(9-7-12)29-19(20,21)22/h2-10,23H,1H3,(H,24,25). The fraction of sp³-hybridized carbons (Fsp3) is 0.105. The zero-order chi connectivity index (χ0) is 22.8. The zero-order valence-electron chi connectivity index (χ0n) is 15.6. The quantitative estimate of drug-likeness (QED) is 0.460. The number of nitrogens with one attached hydrogen (secondary N) is 1. The van der Waals surface area contributed by atoms with Crippen molar-refractivity contribution in [3.8, 4) is 21.3 Å². The first-order valence-corrected chi connectivity index (χ1v) is 10.7. The van der Waals surface area contributed by atoms with Gasteiger partial charge in [0.05, 0.1) is 4.90 Å². The Morgan fingerprint density at radius 2 is 1.74 bits per heavy atom. The third kappa shape index (κ3) is 5.67. The number of aryl methyl sites for hydroxylation is 1. The van der Waals surface area contributed by atoms with Gasteiger partial charge in [-0.25, -0.2) is 13.2 Å². The van der Waals surface area contributed by atoms with Crippen molar-refractivity contribution in [2.75, 3.05) is 4.72 Å². The van der Waals surface area contributed by atoms with Gasteiger partial charge in [-0.1, -0.05) is 29.5 Å². The van der Waals surface area contributed by atoms with E-state index in [-0.39, 0.29) is 15.6 Å². The molecule has 0 aliphatic carbocycles. The molecule has 0 bridgehead atoms. The minimum absolute atomic E-state index is 0.00215. The van der Waals surface area contributed by atoms with E-state index in [4.69, 9.17) is 5.11 Å². The first-order valence-electron chi connectivity index (χ1n) is 8.44. The van der Waals surface area contributed by atoms with E-state index in [1.54, 1.807) is 25.1 Å². The molecular weight excluding hydrogens is 459 g/mol. The van der Waals surface area contributed by atoms with Gasteiger partial charge in [-0.05, 0) is 54.4 Å². The van der Waals surface area contributed by atoms with E-state index in [9.17, 15) is 26.4 Å². The van der Waals surface area contributed by atoms with Crippen molar-refractivity contribution in [2.24, 2.45) is 0 Å². The molecule has 7 nitrogen and oxygen atoms in total. The molecule has 3 rings (SSSR count). The van der Waals surface area contributed by atoms with E-state index < -0.39 is 28.3 Å². The van der Waals surface area contributed by atoms with Crippen LogP contribution in [0.15, 0.2) is 59.5 Å². The smallest absolute Gasteiger partial charge is 0.449 e. The number of anilines is 1. The highest BCUT2D eigenvalue weighted by atomic mass is 32.2. The highest BCUT2D eigenvalue weighted by molar-refractivity contribution is 7.92. The van der Waals surface area contributed by atoms with Gasteiger partial charge < -0.3 is 14.6 Å². The average Bonchev–Trinajstić information content (AvgIpc) is 3.02. The Hall–Kier alpha value is -3.25. The number of hydrogen-bond acceptors (Lipinski definition) is 6. The molecule has 0 saturated carbocycles. The molecule has 0 atom stereocenters. The highest BCUT2D eigenvalue weighted by Crippen LogP contribution is 2.42. The molecule has 0 aliphatic rings. The van der Waals surface area contributed by atoms with Crippen LogP contribution >= 0.6 is 11.3 Å². The van der Waals surface area contributed by atoms with E-state index in [0.717, 1.165) is 23.5 Å². The van der Waals surface area contributed by atoms with Crippen LogP contribution < -0.4 is 14.2 Å². The Balaban J connectivity index is 1.95. The summed E-state index contributed by atoms with van der Waals surface area (Å²) in [5.74, 6) is -0.435. The second-order valence-electron chi connectivity index (χ2n) is 6.12. The van der Waals surface area contributed by atoms with Gasteiger partial charge in [0.25, 0.3) is 10.0 Å². The number of rotatable bonds is 6. The number of carboxylic acid groups (broad SMARTS) is 1. The number of ether oxygens (including phenoxy) is 2. The normalized spacial score (nSPS) is 11.7. The van der Waals surface area contributed by atoms with Gasteiger partial charge in [-0.2, -0.15) is 0 Å². The number of benzene rings is 2. The molecule has 31 heavy (non-hydrogen) atoms. The van der Waals surface area contributed by atoms with Crippen molar-refractivity contribution in [2.45, 2.75) is 18.2 Å². The number of hydrogen-bond donors (Lipinski definition) is 2. The van der Waals surface area contributed by atoms with Crippen molar-refractivity contribution >= 4 is 33.2 Å². The van der Waals surface area contributed by atoms with Crippen LogP contribution in [0.2, 0.25) is 0 Å². The first-order chi connectivity index (χ1) is 14.4. The van der Waals surface area contributed by atoms with Crippen molar-refractivity contribution in [1.29, 1.82) is 0 Å². The molecule has 0 saturated heterocycles. The lowest BCUT2D eigenvalue weighted by Crippen LogP contribution is -2.16. The lowest BCUT2D eigenvalue weighted by atomic mass is 10.2. The fourth-order valence-corrected chi connectivity index (χ4v) is 4.95. The Morgan fingerprint density at radius 3 is 2.32 bits per heavy atom. The molecule has 0 amide bonds. The number of halogens is 3. The summed E-state index contributed by atoms with van der Waals surface area (Å²) in [5.41, 5.74) is 0.754. The maximum absolute atomic E-state index is 12.8. The van der Waals surface area contributed by atoms with Crippen LogP contribution in [-0.2, 0) is 10.0 Å². The minimum Gasteiger partial charge on any atom is -0.449 e. The second-order valence-corrected chi connectivity index (χ2v) is 8.79. The van der Waals surface area contributed by atoms with Crippen molar-refractivity contribution in [3.63, 3.8) is 0 Å². The van der Waals surface area contributed by atoms with Crippen LogP contribution in [-0.4, -0.2) is 26.0 Å². The largest absolute Gasteiger partial charge is 0.573 e. The Labute approximate surface area is 178 Å².